The van der Waals surface area contributed by atoms with E-state index in [0.717, 1.165) is 17.2 Å². The lowest BCUT2D eigenvalue weighted by Crippen LogP contribution is -2.44. The number of benzene rings is 1. The molecule has 0 N–H and O–H groups in total. The Kier molecular flexibility index (Phi) is 5.02. The van der Waals surface area contributed by atoms with Crippen molar-refractivity contribution in [1.29, 1.82) is 0 Å². The van der Waals surface area contributed by atoms with E-state index in [1.54, 1.807) is 4.90 Å². The fraction of sp³-hybridized carbons (Fsp3) is 0.591. The second kappa shape index (κ2) is 7.45. The molecule has 1 aromatic rings. The number of Topliss-reactive ketones (excluding diaryl/α,β-unsaturated/α-hetero) is 2. The molecule has 3 aliphatic rings. The Hall–Kier alpha value is -2.17. The normalized spacial score (nSPS) is 28.4. The van der Waals surface area contributed by atoms with E-state index in [0.29, 0.717) is 37.5 Å². The monoisotopic (exact) mass is 369 g/mol. The van der Waals surface area contributed by atoms with Crippen molar-refractivity contribution in [2.45, 2.75) is 64.5 Å². The smallest absolute Gasteiger partial charge is 0.255 e. The molecule has 0 spiro atoms. The van der Waals surface area contributed by atoms with E-state index in [9.17, 15) is 14.4 Å². The fourth-order valence-corrected chi connectivity index (χ4v) is 4.61. The van der Waals surface area contributed by atoms with Gasteiger partial charge < -0.3 is 9.64 Å². The van der Waals surface area contributed by atoms with Gasteiger partial charge in [-0.15, -0.1) is 0 Å². The molecule has 5 heteroatoms. The lowest BCUT2D eigenvalue weighted by atomic mass is 9.83. The molecular formula is C22H27NO4. The first kappa shape index (κ1) is 18.2. The number of rotatable bonds is 4. The molecule has 1 aliphatic heterocycles. The van der Waals surface area contributed by atoms with Gasteiger partial charge >= 0.3 is 0 Å². The summed E-state index contributed by atoms with van der Waals surface area (Å²) in [5.74, 6) is 1.89. The van der Waals surface area contributed by atoms with Crippen LogP contribution in [0.5, 0.6) is 5.75 Å². The van der Waals surface area contributed by atoms with E-state index in [4.69, 9.17) is 4.74 Å². The highest BCUT2D eigenvalue weighted by atomic mass is 16.5. The lowest BCUT2D eigenvalue weighted by molar-refractivity contribution is -0.133. The van der Waals surface area contributed by atoms with Gasteiger partial charge in [0.1, 0.15) is 11.5 Å². The Morgan fingerprint density at radius 3 is 2.59 bits per heavy atom. The van der Waals surface area contributed by atoms with Crippen LogP contribution in [0.2, 0.25) is 0 Å². The minimum atomic E-state index is -0.477. The number of hydrogen-bond acceptors (Lipinski definition) is 4. The second-order valence-electron chi connectivity index (χ2n) is 8.39. The Balaban J connectivity index is 1.46. The van der Waals surface area contributed by atoms with Crippen LogP contribution in [0.25, 0.3) is 0 Å². The van der Waals surface area contributed by atoms with Crippen LogP contribution in [-0.2, 0) is 16.1 Å². The summed E-state index contributed by atoms with van der Waals surface area (Å²) in [4.78, 5) is 38.3. The summed E-state index contributed by atoms with van der Waals surface area (Å²) in [6.07, 6.45) is 5.69. The summed E-state index contributed by atoms with van der Waals surface area (Å²) in [6.45, 7) is 3.40. The third kappa shape index (κ3) is 3.64. The minimum absolute atomic E-state index is 0.0220. The molecule has 0 aromatic heterocycles. The van der Waals surface area contributed by atoms with Gasteiger partial charge in [0.15, 0.2) is 5.78 Å². The first-order chi connectivity index (χ1) is 13.0. The Bertz CT molecular complexity index is 764. The fourth-order valence-electron chi connectivity index (χ4n) is 4.61. The number of nitrogens with zero attached hydrogens (tertiary/aromatic N) is 1. The van der Waals surface area contributed by atoms with E-state index in [1.165, 1.54) is 25.7 Å². The average molecular weight is 369 g/mol. The zero-order chi connectivity index (χ0) is 19.0. The van der Waals surface area contributed by atoms with Crippen LogP contribution < -0.4 is 4.74 Å². The van der Waals surface area contributed by atoms with Crippen LogP contribution in [0.4, 0.5) is 0 Å². The molecule has 1 unspecified atom stereocenters. The molecule has 1 heterocycles. The average Bonchev–Trinajstić information content (AvgIpc) is 2.99. The number of hydrogen-bond donors (Lipinski definition) is 0. The molecule has 2 aliphatic carbocycles. The molecule has 0 saturated heterocycles. The molecule has 27 heavy (non-hydrogen) atoms. The summed E-state index contributed by atoms with van der Waals surface area (Å²) in [7, 11) is 0. The second-order valence-corrected chi connectivity index (χ2v) is 8.39. The molecule has 144 valence electrons. The van der Waals surface area contributed by atoms with Crippen LogP contribution in [0, 0.1) is 11.8 Å². The van der Waals surface area contributed by atoms with Crippen molar-refractivity contribution in [3.63, 3.8) is 0 Å². The molecule has 1 amide bonds. The molecule has 0 bridgehead atoms. The Labute approximate surface area is 160 Å². The highest BCUT2D eigenvalue weighted by molar-refractivity contribution is 6.07. The Morgan fingerprint density at radius 1 is 1.07 bits per heavy atom. The Morgan fingerprint density at radius 2 is 1.85 bits per heavy atom. The number of amides is 1. The number of carbonyl (C=O) groups is 3. The van der Waals surface area contributed by atoms with Crippen molar-refractivity contribution in [3.8, 4) is 5.75 Å². The van der Waals surface area contributed by atoms with Gasteiger partial charge in [-0.1, -0.05) is 25.8 Å². The zero-order valence-electron chi connectivity index (χ0n) is 15.9. The third-order valence-corrected chi connectivity index (χ3v) is 6.38. The molecule has 5 nitrogen and oxygen atoms in total. The standard InChI is InChI=1S/C22H27NO4/c1-14-5-7-15(8-6-14)13-27-21-4-2-3-17-18(21)12-23(22(17)26)19-10-9-16(24)11-20(19)25/h2-4,14-15,19H,5-13H2,1H3. The van der Waals surface area contributed by atoms with E-state index in [2.05, 4.69) is 6.92 Å². The minimum Gasteiger partial charge on any atom is -0.493 e. The first-order valence-electron chi connectivity index (χ1n) is 10.1. The van der Waals surface area contributed by atoms with Gasteiger partial charge in [-0.25, -0.2) is 0 Å². The summed E-state index contributed by atoms with van der Waals surface area (Å²) in [6, 6.07) is 5.11. The van der Waals surface area contributed by atoms with Gasteiger partial charge in [0.05, 0.1) is 25.6 Å². The van der Waals surface area contributed by atoms with Crippen LogP contribution in [0.15, 0.2) is 18.2 Å². The number of ketones is 2. The molecule has 4 rings (SSSR count). The van der Waals surface area contributed by atoms with E-state index >= 15 is 0 Å². The lowest BCUT2D eigenvalue weighted by Gasteiger charge is -2.29. The summed E-state index contributed by atoms with van der Waals surface area (Å²) >= 11 is 0. The van der Waals surface area contributed by atoms with E-state index in [1.807, 2.05) is 18.2 Å². The summed E-state index contributed by atoms with van der Waals surface area (Å²) in [5, 5.41) is 0. The summed E-state index contributed by atoms with van der Waals surface area (Å²) in [5.41, 5.74) is 1.52. The van der Waals surface area contributed by atoms with Gasteiger partial charge in [-0.2, -0.15) is 0 Å². The van der Waals surface area contributed by atoms with Gasteiger partial charge in [0, 0.05) is 17.5 Å². The largest absolute Gasteiger partial charge is 0.493 e. The third-order valence-electron chi connectivity index (χ3n) is 6.38. The van der Waals surface area contributed by atoms with Crippen LogP contribution >= 0.6 is 0 Å². The van der Waals surface area contributed by atoms with Crippen molar-refractivity contribution >= 4 is 17.5 Å². The number of fused-ring (bicyclic) bond motifs is 1. The maximum atomic E-state index is 12.9. The maximum absolute atomic E-state index is 12.9. The molecule has 1 aromatic carbocycles. The van der Waals surface area contributed by atoms with Gasteiger partial charge in [-0.05, 0) is 43.2 Å². The van der Waals surface area contributed by atoms with E-state index < -0.39 is 6.04 Å². The van der Waals surface area contributed by atoms with Crippen molar-refractivity contribution in [3.05, 3.63) is 29.3 Å². The van der Waals surface area contributed by atoms with Crippen molar-refractivity contribution in [2.75, 3.05) is 6.61 Å². The molecule has 2 fully saturated rings. The predicted octanol–water partition coefficient (Wildman–Crippen LogP) is 3.54. The molecule has 2 saturated carbocycles. The van der Waals surface area contributed by atoms with Gasteiger partial charge in [0.25, 0.3) is 5.91 Å². The van der Waals surface area contributed by atoms with Gasteiger partial charge in [-0.3, -0.25) is 14.4 Å². The number of ether oxygens (including phenoxy) is 1. The molecule has 0 radical (unpaired) electrons. The summed E-state index contributed by atoms with van der Waals surface area (Å²) < 4.78 is 6.13. The van der Waals surface area contributed by atoms with Crippen molar-refractivity contribution < 1.29 is 19.1 Å². The van der Waals surface area contributed by atoms with Crippen LogP contribution in [0.1, 0.15) is 67.8 Å². The highest BCUT2D eigenvalue weighted by Gasteiger charge is 2.40. The van der Waals surface area contributed by atoms with Crippen molar-refractivity contribution in [2.24, 2.45) is 11.8 Å². The van der Waals surface area contributed by atoms with Crippen molar-refractivity contribution in [1.82, 2.24) is 4.90 Å². The topological polar surface area (TPSA) is 63.7 Å². The van der Waals surface area contributed by atoms with Gasteiger partial charge in [0.2, 0.25) is 0 Å². The van der Waals surface area contributed by atoms with E-state index in [-0.39, 0.29) is 23.9 Å². The zero-order valence-corrected chi connectivity index (χ0v) is 15.9. The SMILES string of the molecule is CC1CCC(COc2cccc3c2CN(C2CCC(=O)CC2=O)C3=O)CC1. The molecular weight excluding hydrogens is 342 g/mol. The maximum Gasteiger partial charge on any atom is 0.255 e. The highest BCUT2D eigenvalue weighted by Crippen LogP contribution is 2.35. The predicted molar refractivity (Wildman–Crippen MR) is 101 cm³/mol. The quantitative estimate of drug-likeness (QED) is 0.762. The first-order valence-corrected chi connectivity index (χ1v) is 10.1. The molecule has 1 atom stereocenters. The number of carbonyl (C=O) groups excluding carboxylic acids is 3. The van der Waals surface area contributed by atoms with Crippen LogP contribution in [-0.4, -0.2) is 35.0 Å². The van der Waals surface area contributed by atoms with Crippen LogP contribution in [0.3, 0.4) is 0 Å².